The molecule has 0 amide bonds. The smallest absolute Gasteiger partial charge is 0.173 e. The van der Waals surface area contributed by atoms with E-state index in [1.807, 2.05) is 12.1 Å². The summed E-state index contributed by atoms with van der Waals surface area (Å²) in [6.45, 7) is 3.65. The molecular formula is C17H17Cl2N3S. The van der Waals surface area contributed by atoms with Gasteiger partial charge in [0.1, 0.15) is 0 Å². The first kappa shape index (κ1) is 16.4. The van der Waals surface area contributed by atoms with E-state index in [2.05, 4.69) is 39.4 Å². The van der Waals surface area contributed by atoms with Crippen LogP contribution in [-0.4, -0.2) is 36.2 Å². The first-order valence-electron chi connectivity index (χ1n) is 7.44. The van der Waals surface area contributed by atoms with E-state index in [1.165, 1.54) is 5.69 Å². The summed E-state index contributed by atoms with van der Waals surface area (Å²) in [5.74, 6) is 0. The molecule has 1 fully saturated rings. The number of halogens is 2. The van der Waals surface area contributed by atoms with E-state index in [9.17, 15) is 0 Å². The highest BCUT2D eigenvalue weighted by molar-refractivity contribution is 7.80. The van der Waals surface area contributed by atoms with Crippen LogP contribution in [0.1, 0.15) is 0 Å². The largest absolute Gasteiger partial charge is 0.368 e. The van der Waals surface area contributed by atoms with Crippen molar-refractivity contribution in [3.8, 4) is 0 Å². The lowest BCUT2D eigenvalue weighted by atomic mass is 10.2. The van der Waals surface area contributed by atoms with Gasteiger partial charge in [-0.15, -0.1) is 0 Å². The van der Waals surface area contributed by atoms with Crippen LogP contribution in [0.2, 0.25) is 10.0 Å². The Bertz CT molecular complexity index is 685. The molecule has 1 N–H and O–H groups in total. The zero-order valence-electron chi connectivity index (χ0n) is 12.5. The van der Waals surface area contributed by atoms with E-state index >= 15 is 0 Å². The standard InChI is InChI=1S/C17H17Cl2N3S/c18-13-6-7-16(15(19)12-13)20-17(23)22-10-8-21(9-11-22)14-4-2-1-3-5-14/h1-7,12H,8-11H2,(H,20,23). The quantitative estimate of drug-likeness (QED) is 0.788. The molecular weight excluding hydrogens is 349 g/mol. The lowest BCUT2D eigenvalue weighted by Gasteiger charge is -2.37. The lowest BCUT2D eigenvalue weighted by Crippen LogP contribution is -2.50. The van der Waals surface area contributed by atoms with Crippen LogP contribution in [0.5, 0.6) is 0 Å². The van der Waals surface area contributed by atoms with Crippen molar-refractivity contribution in [3.05, 3.63) is 58.6 Å². The predicted molar refractivity (Wildman–Crippen MR) is 103 cm³/mol. The Morgan fingerprint density at radius 1 is 0.957 bits per heavy atom. The van der Waals surface area contributed by atoms with Crippen molar-refractivity contribution in [3.63, 3.8) is 0 Å². The summed E-state index contributed by atoms with van der Waals surface area (Å²) in [6, 6.07) is 15.8. The summed E-state index contributed by atoms with van der Waals surface area (Å²) in [6.07, 6.45) is 0. The van der Waals surface area contributed by atoms with E-state index in [4.69, 9.17) is 35.4 Å². The fourth-order valence-electron chi connectivity index (χ4n) is 2.59. The number of rotatable bonds is 2. The molecule has 0 saturated carbocycles. The molecule has 3 rings (SSSR count). The summed E-state index contributed by atoms with van der Waals surface area (Å²) in [4.78, 5) is 4.54. The lowest BCUT2D eigenvalue weighted by molar-refractivity contribution is 0.391. The summed E-state index contributed by atoms with van der Waals surface area (Å²) >= 11 is 17.6. The summed E-state index contributed by atoms with van der Waals surface area (Å²) in [5, 5.41) is 5.09. The van der Waals surface area contributed by atoms with Gasteiger partial charge in [-0.05, 0) is 42.5 Å². The zero-order chi connectivity index (χ0) is 16.2. The Balaban J connectivity index is 1.58. The van der Waals surface area contributed by atoms with Gasteiger partial charge in [-0.1, -0.05) is 41.4 Å². The number of anilines is 2. The second-order valence-corrected chi connectivity index (χ2v) is 6.59. The Kier molecular flexibility index (Phi) is 5.26. The van der Waals surface area contributed by atoms with Crippen LogP contribution in [0.25, 0.3) is 0 Å². The number of nitrogens with one attached hydrogen (secondary N) is 1. The van der Waals surface area contributed by atoms with Gasteiger partial charge >= 0.3 is 0 Å². The second kappa shape index (κ2) is 7.39. The molecule has 0 aromatic heterocycles. The van der Waals surface area contributed by atoms with Gasteiger partial charge in [-0.25, -0.2) is 0 Å². The van der Waals surface area contributed by atoms with Crippen LogP contribution in [-0.2, 0) is 0 Å². The topological polar surface area (TPSA) is 18.5 Å². The predicted octanol–water partition coefficient (Wildman–Crippen LogP) is 4.51. The number of hydrogen-bond donors (Lipinski definition) is 1. The van der Waals surface area contributed by atoms with Crippen LogP contribution in [0.15, 0.2) is 48.5 Å². The fraction of sp³-hybridized carbons (Fsp3) is 0.235. The number of hydrogen-bond acceptors (Lipinski definition) is 2. The molecule has 2 aromatic carbocycles. The van der Waals surface area contributed by atoms with Gasteiger partial charge in [0.15, 0.2) is 5.11 Å². The third-order valence-electron chi connectivity index (χ3n) is 3.86. The van der Waals surface area contributed by atoms with Crippen molar-refractivity contribution in [1.29, 1.82) is 0 Å². The van der Waals surface area contributed by atoms with Crippen molar-refractivity contribution in [2.24, 2.45) is 0 Å². The molecule has 120 valence electrons. The molecule has 0 spiro atoms. The third kappa shape index (κ3) is 4.08. The molecule has 1 aliphatic rings. The number of thiocarbonyl (C=S) groups is 1. The van der Waals surface area contributed by atoms with Gasteiger partial charge in [-0.3, -0.25) is 0 Å². The fourth-order valence-corrected chi connectivity index (χ4v) is 3.34. The molecule has 3 nitrogen and oxygen atoms in total. The van der Waals surface area contributed by atoms with E-state index < -0.39 is 0 Å². The molecule has 23 heavy (non-hydrogen) atoms. The Hall–Kier alpha value is -1.49. The number of nitrogens with zero attached hydrogens (tertiary/aromatic N) is 2. The molecule has 6 heteroatoms. The van der Waals surface area contributed by atoms with Crippen LogP contribution >= 0.6 is 35.4 Å². The Morgan fingerprint density at radius 3 is 2.30 bits per heavy atom. The minimum Gasteiger partial charge on any atom is -0.368 e. The van der Waals surface area contributed by atoms with Gasteiger partial charge in [0.2, 0.25) is 0 Å². The molecule has 2 aromatic rings. The van der Waals surface area contributed by atoms with E-state index in [0.29, 0.717) is 15.2 Å². The van der Waals surface area contributed by atoms with Crippen molar-refractivity contribution in [1.82, 2.24) is 4.90 Å². The molecule has 1 saturated heterocycles. The van der Waals surface area contributed by atoms with Crippen LogP contribution in [0, 0.1) is 0 Å². The van der Waals surface area contributed by atoms with Crippen molar-refractivity contribution in [2.45, 2.75) is 0 Å². The first-order chi connectivity index (χ1) is 11.1. The number of benzene rings is 2. The molecule has 0 aliphatic carbocycles. The molecule has 1 aliphatic heterocycles. The summed E-state index contributed by atoms with van der Waals surface area (Å²) in [5.41, 5.74) is 2.04. The maximum absolute atomic E-state index is 6.18. The van der Waals surface area contributed by atoms with Gasteiger partial charge in [0.05, 0.1) is 10.7 Å². The maximum Gasteiger partial charge on any atom is 0.173 e. The highest BCUT2D eigenvalue weighted by Gasteiger charge is 2.19. The normalized spacial score (nSPS) is 14.7. The molecule has 0 radical (unpaired) electrons. The summed E-state index contributed by atoms with van der Waals surface area (Å²) < 4.78 is 0. The van der Waals surface area contributed by atoms with Crippen LogP contribution < -0.4 is 10.2 Å². The number of para-hydroxylation sites is 1. The monoisotopic (exact) mass is 365 g/mol. The zero-order valence-corrected chi connectivity index (χ0v) is 14.8. The highest BCUT2D eigenvalue weighted by Crippen LogP contribution is 2.26. The average Bonchev–Trinajstić information content (AvgIpc) is 2.58. The van der Waals surface area contributed by atoms with Crippen LogP contribution in [0.4, 0.5) is 11.4 Å². The van der Waals surface area contributed by atoms with Crippen molar-refractivity contribution >= 4 is 51.9 Å². The van der Waals surface area contributed by atoms with Crippen molar-refractivity contribution in [2.75, 3.05) is 36.4 Å². The minimum atomic E-state index is 0.572. The van der Waals surface area contributed by atoms with Gasteiger partial charge in [-0.2, -0.15) is 0 Å². The van der Waals surface area contributed by atoms with E-state index in [1.54, 1.807) is 12.1 Å². The van der Waals surface area contributed by atoms with Gasteiger partial charge in [0.25, 0.3) is 0 Å². The van der Waals surface area contributed by atoms with Crippen molar-refractivity contribution < 1.29 is 0 Å². The van der Waals surface area contributed by atoms with E-state index in [0.717, 1.165) is 31.9 Å². The third-order valence-corrected chi connectivity index (χ3v) is 4.77. The Labute approximate surface area is 151 Å². The summed E-state index contributed by atoms with van der Waals surface area (Å²) in [7, 11) is 0. The Morgan fingerprint density at radius 2 is 1.65 bits per heavy atom. The molecule has 0 atom stereocenters. The van der Waals surface area contributed by atoms with Gasteiger partial charge in [0, 0.05) is 36.9 Å². The second-order valence-electron chi connectivity index (χ2n) is 5.36. The number of piperazine rings is 1. The first-order valence-corrected chi connectivity index (χ1v) is 8.61. The van der Waals surface area contributed by atoms with Gasteiger partial charge < -0.3 is 15.1 Å². The SMILES string of the molecule is S=C(Nc1ccc(Cl)cc1Cl)N1CCN(c2ccccc2)CC1. The average molecular weight is 366 g/mol. The molecule has 0 unspecified atom stereocenters. The highest BCUT2D eigenvalue weighted by atomic mass is 35.5. The minimum absolute atomic E-state index is 0.572. The van der Waals surface area contributed by atoms with Crippen LogP contribution in [0.3, 0.4) is 0 Å². The molecule has 1 heterocycles. The maximum atomic E-state index is 6.18. The van der Waals surface area contributed by atoms with E-state index in [-0.39, 0.29) is 0 Å². The molecule has 0 bridgehead atoms.